The van der Waals surface area contributed by atoms with Crippen LogP contribution in [0.15, 0.2) is 0 Å². The summed E-state index contributed by atoms with van der Waals surface area (Å²) in [4.78, 5) is 0. The molecule has 0 heterocycles. The predicted octanol–water partition coefficient (Wildman–Crippen LogP) is -0.324. The van der Waals surface area contributed by atoms with Gasteiger partial charge in [-0.2, -0.15) is 0 Å². The van der Waals surface area contributed by atoms with E-state index < -0.39 is 17.0 Å². The van der Waals surface area contributed by atoms with Gasteiger partial charge >= 0.3 is 37.9 Å². The van der Waals surface area contributed by atoms with Crippen LogP contribution in [0.1, 0.15) is 0 Å². The minimum absolute atomic E-state index is 1.23. The van der Waals surface area contributed by atoms with Gasteiger partial charge in [0.2, 0.25) is 0 Å². The van der Waals surface area contributed by atoms with Crippen molar-refractivity contribution in [2.24, 2.45) is 4.40 Å². The fourth-order valence-electron chi connectivity index (χ4n) is 0. The average molecular weight is 252 g/mol. The topological polar surface area (TPSA) is 40.1 Å². The molecule has 35 valence electrons. The normalized spacial score (nSPS) is 11.4. The molecule has 0 bridgehead atoms. The molecule has 2 N–H and O–H groups in total. The first-order chi connectivity index (χ1) is 2.27. The Morgan fingerprint density at radius 3 is 2.00 bits per heavy atom. The molecule has 0 aliphatic heterocycles. The maximum atomic E-state index is 5.29. The summed E-state index contributed by atoms with van der Waals surface area (Å²) in [5, 5.41) is 0. The van der Waals surface area contributed by atoms with Gasteiger partial charge in [-0.1, -0.05) is 0 Å². The first kappa shape index (κ1) is 5.57. The van der Waals surface area contributed by atoms with E-state index in [1.54, 1.807) is 7.05 Å². The quantitative estimate of drug-likeness (QED) is 0.682. The van der Waals surface area contributed by atoms with Gasteiger partial charge in [0.1, 0.15) is 0 Å². The summed E-state index contributed by atoms with van der Waals surface area (Å²) in [5.74, 6) is 0. The third kappa shape index (κ3) is 4.57. The van der Waals surface area contributed by atoms with Crippen molar-refractivity contribution in [2.75, 3.05) is 7.05 Å². The van der Waals surface area contributed by atoms with Crippen molar-refractivity contribution in [3.05, 3.63) is 0 Å². The second kappa shape index (κ2) is 2.79. The Bertz CT molecular complexity index is 21.6. The zero-order valence-electron chi connectivity index (χ0n) is 3.36. The van der Waals surface area contributed by atoms with Gasteiger partial charge in [0, 0.05) is 0 Å². The molecule has 2 nitrogen and oxygen atoms in total. The molecule has 0 saturated carbocycles. The van der Waals surface area contributed by atoms with Crippen LogP contribution in [0.5, 0.6) is 0 Å². The van der Waals surface area contributed by atoms with Gasteiger partial charge in [0.15, 0.2) is 0 Å². The molecule has 0 spiro atoms. The SMILES string of the molecule is C[N][Ir]([CH3])[NH2]. The molecule has 0 rings (SSSR count). The van der Waals surface area contributed by atoms with E-state index in [2.05, 4.69) is 3.99 Å². The molecule has 0 fully saturated rings. The van der Waals surface area contributed by atoms with E-state index in [0.717, 1.165) is 0 Å². The van der Waals surface area contributed by atoms with E-state index in [-0.39, 0.29) is 0 Å². The molecule has 0 aromatic rings. The molecular weight excluding hydrogens is 244 g/mol. The van der Waals surface area contributed by atoms with Crippen molar-refractivity contribution >= 4 is 0 Å². The number of nitrogens with two attached hydrogens (primary N) is 1. The van der Waals surface area contributed by atoms with Crippen LogP contribution in [-0.2, 0) is 17.0 Å². The van der Waals surface area contributed by atoms with Crippen LogP contribution >= 0.6 is 0 Å². The second-order valence-electron chi connectivity index (χ2n) is 0.577. The summed E-state index contributed by atoms with van der Waals surface area (Å²) in [6.45, 7) is 0. The Kier molecular flexibility index (Phi) is 3.11. The van der Waals surface area contributed by atoms with Crippen LogP contribution in [0.3, 0.4) is 0 Å². The van der Waals surface area contributed by atoms with Crippen molar-refractivity contribution in [2.45, 2.75) is 5.44 Å². The molecule has 0 atom stereocenters. The average Bonchev–Trinajstić information content (AvgIpc) is 1.38. The summed E-state index contributed by atoms with van der Waals surface area (Å²) >= 11 is -1.23. The third-order valence-electron chi connectivity index (χ3n) is 0.235. The van der Waals surface area contributed by atoms with Gasteiger partial charge in [-0.3, -0.25) is 0 Å². The standard InChI is InChI=1S/CH3N.CH3.Ir.H2N/c1-2;;;/h1H3;1H3;;1H2/q;;+1;-1. The monoisotopic (exact) mass is 253 g/mol. The molecule has 0 amide bonds. The van der Waals surface area contributed by atoms with E-state index in [1.807, 2.05) is 5.44 Å². The Labute approximate surface area is 38.5 Å². The molecule has 0 aromatic heterocycles. The molecule has 0 aliphatic carbocycles. The molecule has 0 aromatic carbocycles. The Hall–Kier alpha value is 0.569. The van der Waals surface area contributed by atoms with Crippen molar-refractivity contribution in [3.63, 3.8) is 0 Å². The van der Waals surface area contributed by atoms with Crippen LogP contribution < -0.4 is 8.39 Å². The molecule has 0 unspecified atom stereocenters. The number of rotatable bonds is 1. The summed E-state index contributed by atoms with van der Waals surface area (Å²) in [7, 11) is 1.77. The Balaban J connectivity index is 2.54. The Morgan fingerprint density at radius 1 is 1.80 bits per heavy atom. The van der Waals surface area contributed by atoms with Crippen LogP contribution in [0.2, 0.25) is 5.44 Å². The summed E-state index contributed by atoms with van der Waals surface area (Å²) in [6, 6.07) is 0. The molecular formula is C2H8IrN2. The van der Waals surface area contributed by atoms with Crippen LogP contribution in [0.4, 0.5) is 0 Å². The third-order valence-corrected chi connectivity index (χ3v) is 1.92. The van der Waals surface area contributed by atoms with Crippen molar-refractivity contribution in [1.29, 1.82) is 0 Å². The van der Waals surface area contributed by atoms with Gasteiger partial charge < -0.3 is 0 Å². The summed E-state index contributed by atoms with van der Waals surface area (Å²) < 4.78 is 9.12. The first-order valence-electron chi connectivity index (χ1n) is 1.12. The number of nitrogens with zero attached hydrogens (tertiary/aromatic N) is 1. The zero-order chi connectivity index (χ0) is 4.28. The van der Waals surface area contributed by atoms with E-state index >= 15 is 0 Å². The van der Waals surface area contributed by atoms with Gasteiger partial charge in [0.05, 0.1) is 0 Å². The van der Waals surface area contributed by atoms with E-state index in [9.17, 15) is 0 Å². The summed E-state index contributed by atoms with van der Waals surface area (Å²) in [6.07, 6.45) is 0. The molecule has 0 aliphatic rings. The van der Waals surface area contributed by atoms with E-state index in [4.69, 9.17) is 4.40 Å². The van der Waals surface area contributed by atoms with Gasteiger partial charge in [-0.05, 0) is 0 Å². The maximum absolute atomic E-state index is 5.29. The zero-order valence-corrected chi connectivity index (χ0v) is 5.75. The van der Waals surface area contributed by atoms with Gasteiger partial charge in [-0.15, -0.1) is 0 Å². The Morgan fingerprint density at radius 2 is 2.00 bits per heavy atom. The first-order valence-corrected chi connectivity index (χ1v) is 5.97. The fraction of sp³-hybridized carbons (Fsp3) is 1.00. The molecule has 3 heteroatoms. The van der Waals surface area contributed by atoms with Crippen LogP contribution in [0.25, 0.3) is 0 Å². The molecule has 1 radical (unpaired) electrons. The van der Waals surface area contributed by atoms with Crippen LogP contribution in [0, 0.1) is 0 Å². The summed E-state index contributed by atoms with van der Waals surface area (Å²) in [5.41, 5.74) is 2.00. The number of hydrogen-bond donors (Lipinski definition) is 1. The van der Waals surface area contributed by atoms with Crippen molar-refractivity contribution in [1.82, 2.24) is 3.99 Å². The second-order valence-corrected chi connectivity index (χ2v) is 4.72. The van der Waals surface area contributed by atoms with Crippen molar-refractivity contribution < 1.29 is 17.0 Å². The molecule has 5 heavy (non-hydrogen) atoms. The van der Waals surface area contributed by atoms with E-state index in [1.165, 1.54) is 0 Å². The van der Waals surface area contributed by atoms with Crippen LogP contribution in [-0.4, -0.2) is 7.05 Å². The minimum atomic E-state index is -1.23. The predicted molar refractivity (Wildman–Crippen MR) is 18.1 cm³/mol. The van der Waals surface area contributed by atoms with Crippen molar-refractivity contribution in [3.8, 4) is 0 Å². The van der Waals surface area contributed by atoms with E-state index in [0.29, 0.717) is 0 Å². The van der Waals surface area contributed by atoms with Gasteiger partial charge in [0.25, 0.3) is 0 Å². The number of hydrogen-bond acceptors (Lipinski definition) is 1. The van der Waals surface area contributed by atoms with Gasteiger partial charge in [-0.25, -0.2) is 0 Å². The molecule has 0 saturated heterocycles. The fourth-order valence-corrected chi connectivity index (χ4v) is 0.